The highest BCUT2D eigenvalue weighted by atomic mass is 16.5. The van der Waals surface area contributed by atoms with Crippen molar-refractivity contribution in [3.05, 3.63) is 24.8 Å². The van der Waals surface area contributed by atoms with Crippen LogP contribution in [-0.4, -0.2) is 25.2 Å². The highest BCUT2D eigenvalue weighted by Crippen LogP contribution is 1.97. The number of esters is 1. The third kappa shape index (κ3) is 2.20. The Morgan fingerprint density at radius 3 is 3.27 bits per heavy atom. The summed E-state index contributed by atoms with van der Waals surface area (Å²) >= 11 is 0. The molecule has 0 aromatic rings. The molecular formula is C8H11NO2. The molecule has 1 atom stereocenters. The minimum Gasteiger partial charge on any atom is -0.460 e. The molecule has 1 aliphatic heterocycles. The van der Waals surface area contributed by atoms with Crippen molar-refractivity contribution in [2.24, 2.45) is 0 Å². The monoisotopic (exact) mass is 153 g/mol. The van der Waals surface area contributed by atoms with Gasteiger partial charge >= 0.3 is 5.97 Å². The van der Waals surface area contributed by atoms with Crippen molar-refractivity contribution in [1.82, 2.24) is 5.32 Å². The van der Waals surface area contributed by atoms with Gasteiger partial charge in [0, 0.05) is 6.54 Å². The zero-order chi connectivity index (χ0) is 8.10. The van der Waals surface area contributed by atoms with Crippen LogP contribution in [0.3, 0.4) is 0 Å². The Kier molecular flexibility index (Phi) is 2.86. The van der Waals surface area contributed by atoms with E-state index in [1.165, 1.54) is 0 Å². The Labute approximate surface area is 65.7 Å². The fraction of sp³-hybridized carbons (Fsp3) is 0.375. The fourth-order valence-corrected chi connectivity index (χ4v) is 0.860. The Bertz CT molecular complexity index is 187. The largest absolute Gasteiger partial charge is 0.460 e. The van der Waals surface area contributed by atoms with E-state index in [2.05, 4.69) is 11.9 Å². The molecular weight excluding hydrogens is 142 g/mol. The van der Waals surface area contributed by atoms with E-state index in [9.17, 15) is 4.79 Å². The first-order valence-corrected chi connectivity index (χ1v) is 3.52. The molecule has 11 heavy (non-hydrogen) atoms. The average Bonchev–Trinajstić information content (AvgIpc) is 2.52. The lowest BCUT2D eigenvalue weighted by Gasteiger charge is -2.06. The van der Waals surface area contributed by atoms with Gasteiger partial charge in [0.25, 0.3) is 0 Å². The first-order chi connectivity index (χ1) is 5.34. The molecule has 1 rings (SSSR count). The van der Waals surface area contributed by atoms with Gasteiger partial charge in [0.05, 0.1) is 0 Å². The molecule has 0 spiro atoms. The SMILES string of the molecule is C=CCOC(=O)C1C=CCN1. The van der Waals surface area contributed by atoms with Crippen LogP contribution in [0, 0.1) is 0 Å². The van der Waals surface area contributed by atoms with Crippen molar-refractivity contribution in [3.8, 4) is 0 Å². The quantitative estimate of drug-likeness (QED) is 0.466. The van der Waals surface area contributed by atoms with E-state index in [1.807, 2.05) is 6.08 Å². The van der Waals surface area contributed by atoms with Gasteiger partial charge in [0.2, 0.25) is 0 Å². The van der Waals surface area contributed by atoms with Crippen LogP contribution >= 0.6 is 0 Å². The Balaban J connectivity index is 2.29. The van der Waals surface area contributed by atoms with Crippen molar-refractivity contribution in [3.63, 3.8) is 0 Å². The number of carbonyl (C=O) groups is 1. The van der Waals surface area contributed by atoms with Gasteiger partial charge in [0.15, 0.2) is 0 Å². The summed E-state index contributed by atoms with van der Waals surface area (Å²) in [5.74, 6) is -0.237. The summed E-state index contributed by atoms with van der Waals surface area (Å²) in [6.45, 7) is 4.47. The molecule has 0 saturated heterocycles. The number of ether oxygens (including phenoxy) is 1. The van der Waals surface area contributed by atoms with Crippen LogP contribution in [0.15, 0.2) is 24.8 Å². The Morgan fingerprint density at radius 1 is 1.91 bits per heavy atom. The van der Waals surface area contributed by atoms with E-state index in [-0.39, 0.29) is 18.6 Å². The van der Waals surface area contributed by atoms with Crippen LogP contribution in [0.1, 0.15) is 0 Å². The number of hydrogen-bond acceptors (Lipinski definition) is 3. The maximum atomic E-state index is 11.0. The van der Waals surface area contributed by atoms with E-state index >= 15 is 0 Å². The van der Waals surface area contributed by atoms with E-state index in [4.69, 9.17) is 4.74 Å². The third-order valence-electron chi connectivity index (χ3n) is 1.38. The lowest BCUT2D eigenvalue weighted by atomic mass is 10.3. The molecule has 1 heterocycles. The van der Waals surface area contributed by atoms with E-state index in [1.54, 1.807) is 12.2 Å². The Hall–Kier alpha value is -1.09. The summed E-state index contributed by atoms with van der Waals surface area (Å²) in [5.41, 5.74) is 0. The lowest BCUT2D eigenvalue weighted by Crippen LogP contribution is -2.32. The van der Waals surface area contributed by atoms with Gasteiger partial charge in [-0.25, -0.2) is 4.79 Å². The van der Waals surface area contributed by atoms with Crippen molar-refractivity contribution < 1.29 is 9.53 Å². The maximum Gasteiger partial charge on any atom is 0.327 e. The van der Waals surface area contributed by atoms with Gasteiger partial charge in [-0.05, 0) is 0 Å². The fourth-order valence-electron chi connectivity index (χ4n) is 0.860. The molecule has 0 amide bonds. The smallest absolute Gasteiger partial charge is 0.327 e. The van der Waals surface area contributed by atoms with E-state index in [0.717, 1.165) is 6.54 Å². The summed E-state index contributed by atoms with van der Waals surface area (Å²) < 4.78 is 4.80. The predicted molar refractivity (Wildman–Crippen MR) is 42.1 cm³/mol. The Morgan fingerprint density at radius 2 is 2.73 bits per heavy atom. The first kappa shape index (κ1) is 8.01. The molecule has 0 bridgehead atoms. The summed E-state index contributed by atoms with van der Waals surface area (Å²) in [5, 5.41) is 2.95. The molecule has 0 fully saturated rings. The van der Waals surface area contributed by atoms with Crippen LogP contribution in [-0.2, 0) is 9.53 Å². The molecule has 0 saturated carbocycles. The second kappa shape index (κ2) is 3.93. The molecule has 0 aliphatic carbocycles. The van der Waals surface area contributed by atoms with Gasteiger partial charge in [0.1, 0.15) is 12.6 Å². The lowest BCUT2D eigenvalue weighted by molar-refractivity contribution is -0.143. The molecule has 3 heteroatoms. The number of carbonyl (C=O) groups excluding carboxylic acids is 1. The van der Waals surface area contributed by atoms with Crippen LogP contribution < -0.4 is 5.32 Å². The summed E-state index contributed by atoms with van der Waals surface area (Å²) in [7, 11) is 0. The minimum atomic E-state index is -0.255. The molecule has 0 aromatic heterocycles. The predicted octanol–water partition coefficient (Wildman–Crippen LogP) is 0.244. The van der Waals surface area contributed by atoms with Gasteiger partial charge in [-0.15, -0.1) is 0 Å². The topological polar surface area (TPSA) is 38.3 Å². The minimum absolute atomic E-state index is 0.237. The summed E-state index contributed by atoms with van der Waals surface area (Å²) in [6.07, 6.45) is 5.25. The molecule has 1 aliphatic rings. The standard InChI is InChI=1S/C8H11NO2/c1-2-6-11-8(10)7-4-3-5-9-7/h2-4,7,9H,1,5-6H2. The second-order valence-electron chi connectivity index (χ2n) is 2.23. The summed E-state index contributed by atoms with van der Waals surface area (Å²) in [4.78, 5) is 11.0. The third-order valence-corrected chi connectivity index (χ3v) is 1.38. The molecule has 60 valence electrons. The number of hydrogen-bond donors (Lipinski definition) is 1. The van der Waals surface area contributed by atoms with Crippen LogP contribution in [0.25, 0.3) is 0 Å². The molecule has 1 N–H and O–H groups in total. The number of nitrogens with one attached hydrogen (secondary N) is 1. The zero-order valence-electron chi connectivity index (χ0n) is 6.25. The van der Waals surface area contributed by atoms with Crippen molar-refractivity contribution >= 4 is 5.97 Å². The van der Waals surface area contributed by atoms with Gasteiger partial charge in [-0.3, -0.25) is 5.32 Å². The van der Waals surface area contributed by atoms with Crippen LogP contribution in [0.2, 0.25) is 0 Å². The highest BCUT2D eigenvalue weighted by Gasteiger charge is 2.17. The average molecular weight is 153 g/mol. The van der Waals surface area contributed by atoms with E-state index < -0.39 is 0 Å². The van der Waals surface area contributed by atoms with Crippen molar-refractivity contribution in [1.29, 1.82) is 0 Å². The normalized spacial score (nSPS) is 21.6. The van der Waals surface area contributed by atoms with Gasteiger partial charge < -0.3 is 4.74 Å². The first-order valence-electron chi connectivity index (χ1n) is 3.52. The highest BCUT2D eigenvalue weighted by molar-refractivity contribution is 5.78. The number of rotatable bonds is 3. The van der Waals surface area contributed by atoms with Gasteiger partial charge in [-0.2, -0.15) is 0 Å². The second-order valence-corrected chi connectivity index (χ2v) is 2.23. The van der Waals surface area contributed by atoms with Gasteiger partial charge in [-0.1, -0.05) is 24.8 Å². The molecule has 1 unspecified atom stereocenters. The molecule has 3 nitrogen and oxygen atoms in total. The van der Waals surface area contributed by atoms with Crippen LogP contribution in [0.4, 0.5) is 0 Å². The van der Waals surface area contributed by atoms with Crippen molar-refractivity contribution in [2.45, 2.75) is 6.04 Å². The summed E-state index contributed by atoms with van der Waals surface area (Å²) in [6, 6.07) is -0.255. The molecule has 0 radical (unpaired) electrons. The zero-order valence-corrected chi connectivity index (χ0v) is 6.25. The molecule has 0 aromatic carbocycles. The van der Waals surface area contributed by atoms with E-state index in [0.29, 0.717) is 0 Å². The maximum absolute atomic E-state index is 11.0. The van der Waals surface area contributed by atoms with Crippen molar-refractivity contribution in [2.75, 3.05) is 13.2 Å². The van der Waals surface area contributed by atoms with Crippen LogP contribution in [0.5, 0.6) is 0 Å².